The first-order valence-electron chi connectivity index (χ1n) is 7.73. The minimum atomic E-state index is -0.546. The van der Waals surface area contributed by atoms with Crippen LogP contribution in [0.25, 0.3) is 0 Å². The molecule has 4 rings (SSSR count). The molecule has 2 atom stereocenters. The molecule has 0 bridgehead atoms. The molecule has 0 aromatic heterocycles. The van der Waals surface area contributed by atoms with Crippen molar-refractivity contribution in [1.29, 1.82) is 0 Å². The third-order valence-electron chi connectivity index (χ3n) is 5.01. The maximum Gasteiger partial charge on any atom is 0.231 e. The molecule has 1 amide bonds. The summed E-state index contributed by atoms with van der Waals surface area (Å²) in [4.78, 5) is 14.1. The predicted octanol–water partition coefficient (Wildman–Crippen LogP) is 1.64. The summed E-state index contributed by atoms with van der Waals surface area (Å²) >= 11 is 0. The van der Waals surface area contributed by atoms with Gasteiger partial charge < -0.3 is 19.5 Å². The quantitative estimate of drug-likeness (QED) is 0.862. The lowest BCUT2D eigenvalue weighted by Crippen LogP contribution is -2.52. The topological polar surface area (TPSA) is 59.0 Å². The van der Waals surface area contributed by atoms with Gasteiger partial charge in [0.05, 0.1) is 11.6 Å². The number of nitrogens with zero attached hydrogens (tertiary/aromatic N) is 1. The molecule has 116 valence electrons. The summed E-state index contributed by atoms with van der Waals surface area (Å²) in [5.41, 5.74) is 0.701. The molecule has 1 aromatic carbocycles. The summed E-state index contributed by atoms with van der Waals surface area (Å²) in [5, 5.41) is 10.3. The fourth-order valence-electron chi connectivity index (χ4n) is 3.75. The molecule has 22 heavy (non-hydrogen) atoms. The normalized spacial score (nSPS) is 29.0. The molecular formula is C17H19NO4. The van der Waals surface area contributed by atoms with Crippen molar-refractivity contribution in [2.24, 2.45) is 0 Å². The Morgan fingerprint density at radius 3 is 3.00 bits per heavy atom. The lowest BCUT2D eigenvalue weighted by Gasteiger charge is -2.38. The van der Waals surface area contributed by atoms with E-state index in [1.165, 1.54) is 0 Å². The van der Waals surface area contributed by atoms with E-state index in [0.29, 0.717) is 13.0 Å². The highest BCUT2D eigenvalue weighted by Gasteiger charge is 2.50. The third-order valence-corrected chi connectivity index (χ3v) is 5.01. The van der Waals surface area contributed by atoms with Crippen LogP contribution in [0.2, 0.25) is 0 Å². The molecule has 1 spiro atoms. The van der Waals surface area contributed by atoms with Gasteiger partial charge in [0.2, 0.25) is 12.7 Å². The summed E-state index contributed by atoms with van der Waals surface area (Å²) < 4.78 is 10.7. The van der Waals surface area contributed by atoms with Crippen LogP contribution in [0.15, 0.2) is 30.4 Å². The van der Waals surface area contributed by atoms with Gasteiger partial charge in [-0.2, -0.15) is 0 Å². The Morgan fingerprint density at radius 1 is 1.32 bits per heavy atom. The number of carbonyl (C=O) groups excluding carboxylic acids is 1. The minimum absolute atomic E-state index is 0.142. The molecule has 2 aliphatic heterocycles. The first-order valence-corrected chi connectivity index (χ1v) is 7.73. The molecule has 2 unspecified atom stereocenters. The van der Waals surface area contributed by atoms with Crippen molar-refractivity contribution in [2.75, 3.05) is 13.3 Å². The van der Waals surface area contributed by atoms with E-state index < -0.39 is 11.6 Å². The summed E-state index contributed by atoms with van der Waals surface area (Å²) in [7, 11) is 0. The van der Waals surface area contributed by atoms with Gasteiger partial charge in [-0.05, 0) is 37.0 Å². The van der Waals surface area contributed by atoms with Gasteiger partial charge in [0.25, 0.3) is 0 Å². The Labute approximate surface area is 129 Å². The van der Waals surface area contributed by atoms with Crippen LogP contribution in [0.4, 0.5) is 0 Å². The Hall–Kier alpha value is -2.01. The summed E-state index contributed by atoms with van der Waals surface area (Å²) in [5.74, 6) is 1.68. The Morgan fingerprint density at radius 2 is 2.18 bits per heavy atom. The van der Waals surface area contributed by atoms with Crippen LogP contribution in [-0.2, 0) is 11.2 Å². The number of ether oxygens (including phenoxy) is 2. The van der Waals surface area contributed by atoms with Crippen molar-refractivity contribution in [1.82, 2.24) is 4.90 Å². The van der Waals surface area contributed by atoms with Crippen molar-refractivity contribution in [2.45, 2.75) is 37.3 Å². The number of hydrogen-bond donors (Lipinski definition) is 1. The number of carbonyl (C=O) groups is 1. The molecular weight excluding hydrogens is 282 g/mol. The van der Waals surface area contributed by atoms with E-state index in [0.717, 1.165) is 36.3 Å². The molecule has 5 heteroatoms. The number of rotatable bonds is 3. The molecule has 1 aromatic rings. The van der Waals surface area contributed by atoms with Crippen molar-refractivity contribution >= 4 is 5.91 Å². The summed E-state index contributed by atoms with van der Waals surface area (Å²) in [6.07, 6.45) is 6.01. The summed E-state index contributed by atoms with van der Waals surface area (Å²) in [6, 6.07) is 5.88. The predicted molar refractivity (Wildman–Crippen MR) is 79.7 cm³/mol. The van der Waals surface area contributed by atoms with Gasteiger partial charge in [0, 0.05) is 13.0 Å². The highest BCUT2D eigenvalue weighted by Crippen LogP contribution is 2.41. The van der Waals surface area contributed by atoms with E-state index in [1.807, 2.05) is 35.3 Å². The van der Waals surface area contributed by atoms with Crippen LogP contribution in [0, 0.1) is 0 Å². The average molecular weight is 301 g/mol. The van der Waals surface area contributed by atoms with Gasteiger partial charge >= 0.3 is 0 Å². The zero-order valence-corrected chi connectivity index (χ0v) is 12.3. The number of fused-ring (bicyclic) bond motifs is 1. The Balaban J connectivity index is 1.49. The lowest BCUT2D eigenvalue weighted by molar-refractivity contribution is -0.133. The van der Waals surface area contributed by atoms with Gasteiger partial charge in [-0.15, -0.1) is 0 Å². The summed E-state index contributed by atoms with van der Waals surface area (Å²) in [6.45, 7) is 0.890. The first kappa shape index (κ1) is 13.6. The zero-order chi connectivity index (χ0) is 15.2. The number of amides is 1. The highest BCUT2D eigenvalue weighted by atomic mass is 16.7. The molecule has 0 saturated carbocycles. The number of aliphatic hydroxyl groups excluding tert-OH is 1. The fourth-order valence-corrected chi connectivity index (χ4v) is 3.75. The molecule has 3 aliphatic rings. The number of likely N-dealkylation sites (tertiary alicyclic amines) is 1. The van der Waals surface area contributed by atoms with Crippen LogP contribution in [0.3, 0.4) is 0 Å². The van der Waals surface area contributed by atoms with Gasteiger partial charge in [-0.3, -0.25) is 4.79 Å². The van der Waals surface area contributed by atoms with Crippen molar-refractivity contribution in [3.63, 3.8) is 0 Å². The molecule has 5 nitrogen and oxygen atoms in total. The molecule has 0 radical (unpaired) electrons. The Bertz CT molecular complexity index is 642. The second kappa shape index (κ2) is 5.02. The van der Waals surface area contributed by atoms with Crippen molar-refractivity contribution < 1.29 is 19.4 Å². The van der Waals surface area contributed by atoms with Gasteiger partial charge in [0.1, 0.15) is 0 Å². The van der Waals surface area contributed by atoms with Crippen LogP contribution in [0.1, 0.15) is 24.8 Å². The fraction of sp³-hybridized carbons (Fsp3) is 0.471. The van der Waals surface area contributed by atoms with E-state index in [2.05, 4.69) is 0 Å². The molecule has 1 N–H and O–H groups in total. The highest BCUT2D eigenvalue weighted by molar-refractivity contribution is 5.80. The van der Waals surface area contributed by atoms with E-state index in [1.54, 1.807) is 0 Å². The van der Waals surface area contributed by atoms with Gasteiger partial charge in [-0.1, -0.05) is 18.2 Å². The SMILES string of the molecule is O=C1CCC2(CC=CC2O)N1CCc1ccc2c(c1)OCO2. The first-order chi connectivity index (χ1) is 10.7. The standard InChI is InChI=1S/C17H19NO4/c19-15-2-1-7-17(15)8-5-16(20)18(17)9-6-12-3-4-13-14(10-12)22-11-21-13/h1-4,10,15,19H,5-9,11H2. The van der Waals surface area contributed by atoms with E-state index in [9.17, 15) is 9.90 Å². The molecule has 2 heterocycles. The third kappa shape index (κ3) is 2.00. The van der Waals surface area contributed by atoms with E-state index in [-0.39, 0.29) is 12.7 Å². The molecule has 1 fully saturated rings. The molecule has 1 aliphatic carbocycles. The lowest BCUT2D eigenvalue weighted by atomic mass is 9.90. The van der Waals surface area contributed by atoms with Crippen molar-refractivity contribution in [3.05, 3.63) is 35.9 Å². The van der Waals surface area contributed by atoms with E-state index >= 15 is 0 Å². The second-order valence-corrected chi connectivity index (χ2v) is 6.16. The van der Waals surface area contributed by atoms with Crippen LogP contribution >= 0.6 is 0 Å². The smallest absolute Gasteiger partial charge is 0.231 e. The molecule has 1 saturated heterocycles. The van der Waals surface area contributed by atoms with Gasteiger partial charge in [-0.25, -0.2) is 0 Å². The van der Waals surface area contributed by atoms with E-state index in [4.69, 9.17) is 9.47 Å². The monoisotopic (exact) mass is 301 g/mol. The number of hydrogen-bond acceptors (Lipinski definition) is 4. The number of benzene rings is 1. The van der Waals surface area contributed by atoms with Gasteiger partial charge in [0.15, 0.2) is 11.5 Å². The van der Waals surface area contributed by atoms with Crippen molar-refractivity contribution in [3.8, 4) is 11.5 Å². The maximum atomic E-state index is 12.2. The second-order valence-electron chi connectivity index (χ2n) is 6.16. The van der Waals surface area contributed by atoms with Crippen LogP contribution in [-0.4, -0.2) is 40.9 Å². The Kier molecular flexibility index (Phi) is 3.11. The maximum absolute atomic E-state index is 12.2. The zero-order valence-electron chi connectivity index (χ0n) is 12.3. The van der Waals surface area contributed by atoms with Crippen LogP contribution < -0.4 is 9.47 Å². The van der Waals surface area contributed by atoms with Crippen LogP contribution in [0.5, 0.6) is 11.5 Å². The largest absolute Gasteiger partial charge is 0.454 e. The number of aliphatic hydroxyl groups is 1. The average Bonchev–Trinajstić information content (AvgIpc) is 3.19. The minimum Gasteiger partial charge on any atom is -0.454 e.